The quantitative estimate of drug-likeness (QED) is 0.0578. The molecule has 38 heavy (non-hydrogen) atoms. The summed E-state index contributed by atoms with van der Waals surface area (Å²) in [6.45, 7) is 5.69. The second-order valence-electron chi connectivity index (χ2n) is 10.9. The average molecular weight is 543 g/mol. The zero-order chi connectivity index (χ0) is 28.5. The number of hydrogen-bond donors (Lipinski definition) is 4. The molecule has 0 bridgehead atoms. The number of esters is 2. The lowest BCUT2D eigenvalue weighted by molar-refractivity contribution is -0.168. The van der Waals surface area contributed by atoms with Crippen LogP contribution in [0.4, 0.5) is 0 Å². The first-order chi connectivity index (χ1) is 18.3. The Morgan fingerprint density at radius 1 is 0.658 bits per heavy atom. The van der Waals surface area contributed by atoms with E-state index in [2.05, 4.69) is 13.8 Å². The first-order valence-corrected chi connectivity index (χ1v) is 15.7. The van der Waals surface area contributed by atoms with Crippen molar-refractivity contribution in [3.63, 3.8) is 0 Å². The molecule has 8 N–H and O–H groups in total. The number of carbonyl (C=O) groups is 2. The molecule has 226 valence electrons. The lowest BCUT2D eigenvalue weighted by Gasteiger charge is -2.37. The Morgan fingerprint density at radius 3 is 1.76 bits per heavy atom. The van der Waals surface area contributed by atoms with E-state index < -0.39 is 12.0 Å². The molecule has 0 aromatic heterocycles. The minimum Gasteiger partial charge on any atom is -0.447 e. The van der Waals surface area contributed by atoms with Gasteiger partial charge in [-0.3, -0.25) is 21.1 Å². The predicted octanol–water partition coefficient (Wildman–Crippen LogP) is 5.78. The fourth-order valence-electron chi connectivity index (χ4n) is 4.87. The molecule has 0 heterocycles. The van der Waals surface area contributed by atoms with E-state index in [1.165, 1.54) is 0 Å². The van der Waals surface area contributed by atoms with Gasteiger partial charge in [0.15, 0.2) is 12.0 Å². The Morgan fingerprint density at radius 2 is 1.16 bits per heavy atom. The van der Waals surface area contributed by atoms with E-state index in [-0.39, 0.29) is 17.9 Å². The fraction of sp³-hybridized carbons (Fsp3) is 0.933. The molecule has 0 spiro atoms. The van der Waals surface area contributed by atoms with Gasteiger partial charge in [-0.25, -0.2) is 0 Å². The number of hydrogen-bond acceptors (Lipinski definition) is 8. The van der Waals surface area contributed by atoms with Crippen molar-refractivity contribution in [2.24, 2.45) is 28.9 Å². The topological polar surface area (TPSA) is 157 Å². The number of carbonyl (C=O) groups excluding carboxylic acids is 2. The van der Waals surface area contributed by atoms with Gasteiger partial charge >= 0.3 is 11.9 Å². The van der Waals surface area contributed by atoms with Crippen molar-refractivity contribution in [3.8, 4) is 0 Å². The second kappa shape index (κ2) is 24.8. The molecule has 0 aliphatic rings. The number of rotatable bonds is 27. The summed E-state index contributed by atoms with van der Waals surface area (Å²) in [4.78, 5) is 24.7. The zero-order valence-electron chi connectivity index (χ0n) is 24.9. The monoisotopic (exact) mass is 542 g/mol. The molecule has 0 fully saturated rings. The van der Waals surface area contributed by atoms with Crippen LogP contribution in [0.2, 0.25) is 0 Å². The van der Waals surface area contributed by atoms with E-state index in [1.54, 1.807) is 0 Å². The lowest BCUT2D eigenvalue weighted by Crippen LogP contribution is -2.51. The third-order valence-corrected chi connectivity index (χ3v) is 7.32. The summed E-state index contributed by atoms with van der Waals surface area (Å²) in [6.07, 6.45) is 18.4. The lowest BCUT2D eigenvalue weighted by atomic mass is 9.83. The molecule has 3 unspecified atom stereocenters. The molecule has 0 aromatic rings. The van der Waals surface area contributed by atoms with Gasteiger partial charge in [0.25, 0.3) is 0 Å². The van der Waals surface area contributed by atoms with Crippen molar-refractivity contribution in [2.75, 3.05) is 13.1 Å². The van der Waals surface area contributed by atoms with Crippen molar-refractivity contribution in [1.29, 1.82) is 0 Å². The molecule has 3 atom stereocenters. The normalized spacial score (nSPS) is 14.6. The maximum absolute atomic E-state index is 12.7. The summed E-state index contributed by atoms with van der Waals surface area (Å²) in [6, 6.07) is 0. The molecule has 0 saturated heterocycles. The molecule has 0 radical (unpaired) electrons. The fourth-order valence-corrected chi connectivity index (χ4v) is 4.87. The molecule has 0 amide bonds. The maximum atomic E-state index is 12.7. The van der Waals surface area contributed by atoms with Gasteiger partial charge in [-0.15, -0.1) is 0 Å². The number of ether oxygens (including phenoxy) is 2. The van der Waals surface area contributed by atoms with Crippen LogP contribution in [0.5, 0.6) is 0 Å². The largest absolute Gasteiger partial charge is 0.447 e. The van der Waals surface area contributed by atoms with Crippen LogP contribution >= 0.6 is 0 Å². The van der Waals surface area contributed by atoms with Crippen molar-refractivity contribution in [1.82, 2.24) is 0 Å². The summed E-state index contributed by atoms with van der Waals surface area (Å²) in [5.41, 5.74) is 23.0. The van der Waals surface area contributed by atoms with Crippen molar-refractivity contribution in [2.45, 2.75) is 161 Å². The Labute approximate surface area is 233 Å². The van der Waals surface area contributed by atoms with E-state index in [4.69, 9.17) is 32.4 Å². The Bertz CT molecular complexity index is 578. The summed E-state index contributed by atoms with van der Waals surface area (Å²) < 4.78 is 11.3. The van der Waals surface area contributed by atoms with E-state index in [1.807, 2.05) is 0 Å². The molecular formula is C30H62N4O4. The van der Waals surface area contributed by atoms with Gasteiger partial charge < -0.3 is 20.9 Å². The van der Waals surface area contributed by atoms with Gasteiger partial charge in [0, 0.05) is 25.2 Å². The van der Waals surface area contributed by atoms with Gasteiger partial charge in [-0.1, -0.05) is 71.6 Å². The molecule has 8 nitrogen and oxygen atoms in total. The summed E-state index contributed by atoms with van der Waals surface area (Å²) in [7, 11) is 0. The standard InChI is InChI=1S/C30H62N4O4/c1-3-5-18-26(19-15-17-25-32)30(34,23-6-4-2)38-29(36)22-14-10-8-7-9-13-21-28(35)37-27(33)20-12-11-16-24-31/h26-27H,3-25,31-34H2,1-2H3. The Kier molecular flexibility index (Phi) is 24.0. The predicted molar refractivity (Wildman–Crippen MR) is 157 cm³/mol. The van der Waals surface area contributed by atoms with Crippen LogP contribution in [0.1, 0.15) is 149 Å². The highest BCUT2D eigenvalue weighted by molar-refractivity contribution is 5.70. The highest BCUT2D eigenvalue weighted by atomic mass is 16.6. The van der Waals surface area contributed by atoms with Crippen molar-refractivity contribution in [3.05, 3.63) is 0 Å². The van der Waals surface area contributed by atoms with Crippen LogP contribution in [0, 0.1) is 5.92 Å². The van der Waals surface area contributed by atoms with Gasteiger partial charge in [-0.05, 0) is 70.9 Å². The van der Waals surface area contributed by atoms with Crippen molar-refractivity contribution < 1.29 is 19.1 Å². The second-order valence-corrected chi connectivity index (χ2v) is 10.9. The third-order valence-electron chi connectivity index (χ3n) is 7.32. The van der Waals surface area contributed by atoms with E-state index in [0.29, 0.717) is 38.8 Å². The van der Waals surface area contributed by atoms with Gasteiger partial charge in [0.1, 0.15) is 0 Å². The minimum atomic E-state index is -0.877. The minimum absolute atomic E-state index is 0.175. The van der Waals surface area contributed by atoms with Crippen LogP contribution in [-0.2, 0) is 19.1 Å². The van der Waals surface area contributed by atoms with E-state index in [9.17, 15) is 9.59 Å². The van der Waals surface area contributed by atoms with Gasteiger partial charge in [0.2, 0.25) is 0 Å². The van der Waals surface area contributed by atoms with Crippen molar-refractivity contribution >= 4 is 11.9 Å². The number of unbranched alkanes of at least 4 members (excludes halogenated alkanes) is 10. The molecule has 0 aliphatic heterocycles. The van der Waals surface area contributed by atoms with E-state index in [0.717, 1.165) is 109 Å². The first kappa shape index (κ1) is 36.8. The van der Waals surface area contributed by atoms with Gasteiger partial charge in [0.05, 0.1) is 0 Å². The van der Waals surface area contributed by atoms with Crippen LogP contribution in [-0.4, -0.2) is 37.0 Å². The number of nitrogens with two attached hydrogens (primary N) is 4. The summed E-state index contributed by atoms with van der Waals surface area (Å²) in [5.74, 6) is -0.208. The molecule has 0 aliphatic carbocycles. The zero-order valence-corrected chi connectivity index (χ0v) is 24.9. The smallest absolute Gasteiger partial charge is 0.307 e. The highest BCUT2D eigenvalue weighted by Gasteiger charge is 2.37. The van der Waals surface area contributed by atoms with Crippen LogP contribution in [0.15, 0.2) is 0 Å². The molecular weight excluding hydrogens is 480 g/mol. The van der Waals surface area contributed by atoms with Crippen LogP contribution < -0.4 is 22.9 Å². The maximum Gasteiger partial charge on any atom is 0.307 e. The average Bonchev–Trinajstić information content (AvgIpc) is 2.88. The molecule has 0 rings (SSSR count). The summed E-state index contributed by atoms with van der Waals surface area (Å²) >= 11 is 0. The molecule has 8 heteroatoms. The first-order valence-electron chi connectivity index (χ1n) is 15.7. The summed E-state index contributed by atoms with van der Waals surface area (Å²) in [5, 5.41) is 0. The third kappa shape index (κ3) is 19.8. The Balaban J connectivity index is 4.24. The SMILES string of the molecule is CCCCC(CCCCN)C(N)(CCCC)OC(=O)CCCCCCCCC(=O)OC(N)CCCCCN. The van der Waals surface area contributed by atoms with Crippen LogP contribution in [0.3, 0.4) is 0 Å². The van der Waals surface area contributed by atoms with E-state index >= 15 is 0 Å². The van der Waals surface area contributed by atoms with Gasteiger partial charge in [-0.2, -0.15) is 0 Å². The highest BCUT2D eigenvalue weighted by Crippen LogP contribution is 2.32. The van der Waals surface area contributed by atoms with Crippen LogP contribution in [0.25, 0.3) is 0 Å². The Hall–Kier alpha value is -1.22. The molecule has 0 saturated carbocycles. The molecule has 0 aromatic carbocycles.